The van der Waals surface area contributed by atoms with Crippen LogP contribution in [0.25, 0.3) is 11.0 Å². The maximum Gasteiger partial charge on any atom is 0.125 e. The van der Waals surface area contributed by atoms with E-state index in [0.29, 0.717) is 23.0 Å². The summed E-state index contributed by atoms with van der Waals surface area (Å²) in [6, 6.07) is 7.00. The first-order chi connectivity index (χ1) is 9.61. The quantitative estimate of drug-likeness (QED) is 0.779. The maximum atomic E-state index is 6.26. The highest BCUT2D eigenvalue weighted by atomic mass is 35.5. The number of hydrogen-bond acceptors (Lipinski definition) is 2. The molecule has 1 aromatic carbocycles. The van der Waals surface area contributed by atoms with E-state index in [4.69, 9.17) is 23.2 Å². The van der Waals surface area contributed by atoms with E-state index in [9.17, 15) is 0 Å². The molecule has 0 spiro atoms. The second-order valence-electron chi connectivity index (χ2n) is 5.65. The van der Waals surface area contributed by atoms with E-state index in [-0.39, 0.29) is 0 Å². The fourth-order valence-corrected chi connectivity index (χ4v) is 3.53. The van der Waals surface area contributed by atoms with Gasteiger partial charge in [-0.2, -0.15) is 0 Å². The maximum absolute atomic E-state index is 6.26. The molecule has 0 bridgehead atoms. The fraction of sp³-hybridized carbons (Fsp3) is 0.533. The van der Waals surface area contributed by atoms with Crippen LogP contribution in [0.5, 0.6) is 0 Å². The van der Waals surface area contributed by atoms with Gasteiger partial charge in [-0.3, -0.25) is 0 Å². The first-order valence-electron chi connectivity index (χ1n) is 7.03. The van der Waals surface area contributed by atoms with Gasteiger partial charge in [0.2, 0.25) is 0 Å². The van der Waals surface area contributed by atoms with Gasteiger partial charge >= 0.3 is 0 Å². The van der Waals surface area contributed by atoms with E-state index >= 15 is 0 Å². The van der Waals surface area contributed by atoms with Crippen molar-refractivity contribution >= 4 is 34.2 Å². The van der Waals surface area contributed by atoms with E-state index in [1.165, 1.54) is 0 Å². The van der Waals surface area contributed by atoms with Gasteiger partial charge in [-0.05, 0) is 38.9 Å². The molecule has 0 radical (unpaired) electrons. The highest BCUT2D eigenvalue weighted by Crippen LogP contribution is 2.33. The van der Waals surface area contributed by atoms with Crippen LogP contribution < -0.4 is 0 Å². The molecular formula is C15H19Cl2N3. The Morgan fingerprint density at radius 2 is 2.20 bits per heavy atom. The van der Waals surface area contributed by atoms with Crippen molar-refractivity contribution in [3.8, 4) is 0 Å². The van der Waals surface area contributed by atoms with Crippen LogP contribution in [0.1, 0.15) is 31.6 Å². The molecule has 3 nitrogen and oxygen atoms in total. The summed E-state index contributed by atoms with van der Waals surface area (Å²) in [5.74, 6) is 1.35. The summed E-state index contributed by atoms with van der Waals surface area (Å²) in [5.41, 5.74) is 1.98. The number of rotatable bonds is 2. The Morgan fingerprint density at radius 3 is 2.90 bits per heavy atom. The Morgan fingerprint density at radius 1 is 1.40 bits per heavy atom. The lowest BCUT2D eigenvalue weighted by Crippen LogP contribution is -2.38. The zero-order chi connectivity index (χ0) is 14.3. The van der Waals surface area contributed by atoms with Crippen LogP contribution in [0.4, 0.5) is 0 Å². The molecule has 20 heavy (non-hydrogen) atoms. The van der Waals surface area contributed by atoms with Crippen LogP contribution in [-0.2, 0) is 5.88 Å². The van der Waals surface area contributed by atoms with E-state index in [2.05, 4.69) is 34.5 Å². The van der Waals surface area contributed by atoms with Crippen molar-refractivity contribution in [3.63, 3.8) is 0 Å². The van der Waals surface area contributed by atoms with Crippen molar-refractivity contribution < 1.29 is 0 Å². The normalized spacial score (nSPS) is 24.4. The lowest BCUT2D eigenvalue weighted by Gasteiger charge is -2.36. The number of aromatic nitrogens is 2. The highest BCUT2D eigenvalue weighted by molar-refractivity contribution is 6.35. The Kier molecular flexibility index (Phi) is 3.93. The molecule has 1 aliphatic heterocycles. The van der Waals surface area contributed by atoms with Crippen LogP contribution in [0.3, 0.4) is 0 Å². The van der Waals surface area contributed by atoms with Crippen LogP contribution in [0, 0.1) is 0 Å². The summed E-state index contributed by atoms with van der Waals surface area (Å²) in [6.45, 7) is 3.38. The third-order valence-electron chi connectivity index (χ3n) is 4.41. The molecule has 1 fully saturated rings. The average molecular weight is 312 g/mol. The van der Waals surface area contributed by atoms with E-state index in [0.717, 1.165) is 36.2 Å². The molecule has 1 aromatic heterocycles. The standard InChI is InChI=1S/C15H19Cl2N3/c1-10-8-11(6-7-19(10)2)20-13-5-3-4-12(17)15(13)18-14(20)9-16/h3-5,10-11H,6-9H2,1-2H3. The number of benzene rings is 1. The number of alkyl halides is 1. The summed E-state index contributed by atoms with van der Waals surface area (Å²) in [7, 11) is 2.19. The minimum absolute atomic E-state index is 0.422. The van der Waals surface area contributed by atoms with Gasteiger partial charge in [0.25, 0.3) is 0 Å². The third kappa shape index (κ3) is 2.32. The molecule has 1 saturated heterocycles. The fourth-order valence-electron chi connectivity index (χ4n) is 3.13. The van der Waals surface area contributed by atoms with Gasteiger partial charge in [-0.1, -0.05) is 17.7 Å². The van der Waals surface area contributed by atoms with Crippen molar-refractivity contribution in [2.45, 2.75) is 37.7 Å². The molecule has 2 atom stereocenters. The Hall–Kier alpha value is -0.770. The Balaban J connectivity index is 2.08. The van der Waals surface area contributed by atoms with Gasteiger partial charge in [-0.25, -0.2) is 4.98 Å². The number of nitrogens with zero attached hydrogens (tertiary/aromatic N) is 3. The average Bonchev–Trinajstić information content (AvgIpc) is 2.82. The number of para-hydroxylation sites is 1. The molecule has 2 unspecified atom stereocenters. The first-order valence-corrected chi connectivity index (χ1v) is 7.94. The molecule has 1 aliphatic rings. The molecule has 108 valence electrons. The molecule has 2 aromatic rings. The number of piperidine rings is 1. The number of fused-ring (bicyclic) bond motifs is 1. The summed E-state index contributed by atoms with van der Waals surface area (Å²) < 4.78 is 2.30. The predicted molar refractivity (Wildman–Crippen MR) is 84.7 cm³/mol. The van der Waals surface area contributed by atoms with Gasteiger partial charge in [0.1, 0.15) is 11.3 Å². The van der Waals surface area contributed by atoms with Gasteiger partial charge < -0.3 is 9.47 Å². The topological polar surface area (TPSA) is 21.1 Å². The molecule has 5 heteroatoms. The molecular weight excluding hydrogens is 293 g/mol. The third-order valence-corrected chi connectivity index (χ3v) is 4.95. The van der Waals surface area contributed by atoms with Gasteiger partial charge in [0.15, 0.2) is 0 Å². The van der Waals surface area contributed by atoms with Crippen molar-refractivity contribution in [1.82, 2.24) is 14.5 Å². The Labute approximate surface area is 129 Å². The molecule has 0 saturated carbocycles. The minimum Gasteiger partial charge on any atom is -0.324 e. The molecule has 0 amide bonds. The van der Waals surface area contributed by atoms with Gasteiger partial charge in [0, 0.05) is 18.6 Å². The van der Waals surface area contributed by atoms with Crippen molar-refractivity contribution in [3.05, 3.63) is 29.0 Å². The van der Waals surface area contributed by atoms with Gasteiger partial charge in [0.05, 0.1) is 16.4 Å². The lowest BCUT2D eigenvalue weighted by molar-refractivity contribution is 0.157. The second kappa shape index (κ2) is 5.55. The zero-order valence-corrected chi connectivity index (χ0v) is 13.3. The van der Waals surface area contributed by atoms with E-state index in [1.807, 2.05) is 12.1 Å². The number of likely N-dealkylation sites (tertiary alicyclic amines) is 1. The van der Waals surface area contributed by atoms with Crippen LogP contribution >= 0.6 is 23.2 Å². The number of hydrogen-bond donors (Lipinski definition) is 0. The first kappa shape index (κ1) is 14.2. The van der Waals surface area contributed by atoms with Crippen molar-refractivity contribution in [1.29, 1.82) is 0 Å². The number of halogens is 2. The van der Waals surface area contributed by atoms with Crippen LogP contribution in [-0.4, -0.2) is 34.1 Å². The van der Waals surface area contributed by atoms with E-state index in [1.54, 1.807) is 0 Å². The second-order valence-corrected chi connectivity index (χ2v) is 6.32. The van der Waals surface area contributed by atoms with Crippen LogP contribution in [0.2, 0.25) is 5.02 Å². The Bertz CT molecular complexity index is 623. The van der Waals surface area contributed by atoms with Gasteiger partial charge in [-0.15, -0.1) is 11.6 Å². The molecule has 0 N–H and O–H groups in total. The summed E-state index contributed by atoms with van der Waals surface area (Å²) in [5, 5.41) is 0.702. The predicted octanol–water partition coefficient (Wildman–Crippen LogP) is 4.08. The van der Waals surface area contributed by atoms with Crippen molar-refractivity contribution in [2.24, 2.45) is 0 Å². The largest absolute Gasteiger partial charge is 0.324 e. The number of imidazole rings is 1. The van der Waals surface area contributed by atoms with Crippen LogP contribution in [0.15, 0.2) is 18.2 Å². The zero-order valence-electron chi connectivity index (χ0n) is 11.8. The molecule has 2 heterocycles. The summed E-state index contributed by atoms with van der Waals surface area (Å²) >= 11 is 12.4. The smallest absolute Gasteiger partial charge is 0.125 e. The van der Waals surface area contributed by atoms with Crippen molar-refractivity contribution in [2.75, 3.05) is 13.6 Å². The minimum atomic E-state index is 0.422. The SMILES string of the molecule is CC1CC(n2c(CCl)nc3c(Cl)cccc32)CCN1C. The lowest BCUT2D eigenvalue weighted by atomic mass is 9.98. The summed E-state index contributed by atoms with van der Waals surface area (Å²) in [4.78, 5) is 7.04. The molecule has 3 rings (SSSR count). The highest BCUT2D eigenvalue weighted by Gasteiger charge is 2.27. The summed E-state index contributed by atoms with van der Waals surface area (Å²) in [6.07, 6.45) is 2.25. The van der Waals surface area contributed by atoms with E-state index < -0.39 is 0 Å². The molecule has 0 aliphatic carbocycles. The monoisotopic (exact) mass is 311 g/mol.